The molecule has 0 saturated carbocycles. The Morgan fingerprint density at radius 1 is 1.27 bits per heavy atom. The molecular formula is C18H27Cl2N5O. The maximum atomic E-state index is 12.3. The van der Waals surface area contributed by atoms with Gasteiger partial charge in [-0.3, -0.25) is 14.5 Å². The van der Waals surface area contributed by atoms with E-state index in [9.17, 15) is 4.79 Å². The first-order chi connectivity index (χ1) is 11.7. The second kappa shape index (κ2) is 11.2. The lowest BCUT2D eigenvalue weighted by atomic mass is 10.2. The molecule has 144 valence electrons. The summed E-state index contributed by atoms with van der Waals surface area (Å²) < 4.78 is 2.07. The quantitative estimate of drug-likeness (QED) is 0.808. The highest BCUT2D eigenvalue weighted by atomic mass is 35.5. The number of fused-ring (bicyclic) bond motifs is 1. The lowest BCUT2D eigenvalue weighted by Gasteiger charge is -2.16. The third-order valence-corrected chi connectivity index (χ3v) is 4.39. The summed E-state index contributed by atoms with van der Waals surface area (Å²) in [5.41, 5.74) is 3.25. The third-order valence-electron chi connectivity index (χ3n) is 4.39. The van der Waals surface area contributed by atoms with Gasteiger partial charge in [-0.1, -0.05) is 6.07 Å². The van der Waals surface area contributed by atoms with Gasteiger partial charge in [0, 0.05) is 57.8 Å². The highest BCUT2D eigenvalue weighted by Gasteiger charge is 2.13. The molecule has 0 atom stereocenters. The molecule has 1 amide bonds. The van der Waals surface area contributed by atoms with Crippen LogP contribution in [-0.4, -0.2) is 45.7 Å². The van der Waals surface area contributed by atoms with Crippen LogP contribution in [0.1, 0.15) is 29.9 Å². The first-order valence-electron chi connectivity index (χ1n) is 8.62. The van der Waals surface area contributed by atoms with Gasteiger partial charge in [0.15, 0.2) is 0 Å². The maximum Gasteiger partial charge on any atom is 0.222 e. The Kier molecular flexibility index (Phi) is 9.62. The molecule has 26 heavy (non-hydrogen) atoms. The fraction of sp³-hybridized carbons (Fsp3) is 0.500. The van der Waals surface area contributed by atoms with Gasteiger partial charge in [-0.25, -0.2) is 0 Å². The number of hydrogen-bond donors (Lipinski definition) is 1. The van der Waals surface area contributed by atoms with Crippen molar-refractivity contribution in [3.05, 3.63) is 47.5 Å². The molecule has 0 bridgehead atoms. The van der Waals surface area contributed by atoms with Gasteiger partial charge in [0.05, 0.1) is 11.4 Å². The third kappa shape index (κ3) is 6.27. The van der Waals surface area contributed by atoms with E-state index < -0.39 is 0 Å². The van der Waals surface area contributed by atoms with E-state index in [-0.39, 0.29) is 30.7 Å². The van der Waals surface area contributed by atoms with Gasteiger partial charge in [-0.05, 0) is 31.2 Å². The van der Waals surface area contributed by atoms with Gasteiger partial charge in [0.25, 0.3) is 0 Å². The fourth-order valence-electron chi connectivity index (χ4n) is 2.92. The van der Waals surface area contributed by atoms with Crippen LogP contribution in [0, 0.1) is 0 Å². The number of rotatable bonds is 6. The predicted molar refractivity (Wildman–Crippen MR) is 107 cm³/mol. The Labute approximate surface area is 167 Å². The van der Waals surface area contributed by atoms with Crippen molar-refractivity contribution in [1.82, 2.24) is 25.0 Å². The average molecular weight is 400 g/mol. The van der Waals surface area contributed by atoms with Crippen LogP contribution in [-0.2, 0) is 30.7 Å². The molecule has 0 aliphatic carbocycles. The number of pyridine rings is 1. The van der Waals surface area contributed by atoms with Crippen molar-refractivity contribution < 1.29 is 4.79 Å². The highest BCUT2D eigenvalue weighted by Crippen LogP contribution is 2.10. The molecule has 0 unspecified atom stereocenters. The number of carbonyl (C=O) groups is 1. The number of halogens is 2. The van der Waals surface area contributed by atoms with Crippen LogP contribution in [0.2, 0.25) is 0 Å². The summed E-state index contributed by atoms with van der Waals surface area (Å²) in [5.74, 6) is 0.159. The molecule has 0 aromatic carbocycles. The van der Waals surface area contributed by atoms with Gasteiger partial charge < -0.3 is 10.2 Å². The number of nitrogens with one attached hydrogen (secondary N) is 1. The van der Waals surface area contributed by atoms with E-state index in [1.807, 2.05) is 25.2 Å². The number of carbonyl (C=O) groups excluding carboxylic acids is 1. The summed E-state index contributed by atoms with van der Waals surface area (Å²) in [4.78, 5) is 18.4. The molecule has 3 heterocycles. The second-order valence-corrected chi connectivity index (χ2v) is 6.27. The number of nitrogens with zero attached hydrogens (tertiary/aromatic N) is 4. The molecule has 0 spiro atoms. The SMILES string of the molecule is CN(CCc1ccccn1)C(=O)CCc1cc2n(n1)CCCNC2.Cl.Cl. The van der Waals surface area contributed by atoms with Gasteiger partial charge in [0.1, 0.15) is 0 Å². The van der Waals surface area contributed by atoms with E-state index in [1.54, 1.807) is 11.1 Å². The summed E-state index contributed by atoms with van der Waals surface area (Å²) in [5, 5.41) is 8.02. The Morgan fingerprint density at radius 3 is 2.88 bits per heavy atom. The standard InChI is InChI=1S/C18H25N5O.2ClH/c1-22(12-8-15-5-2-3-10-20-15)18(24)7-6-16-13-17-14-19-9-4-11-23(17)21-16;;/h2-3,5,10,13,19H,4,6-9,11-12,14H2,1H3;2*1H. The van der Waals surface area contributed by atoms with Gasteiger partial charge in [-0.15, -0.1) is 24.8 Å². The first kappa shape index (κ1) is 22.4. The van der Waals surface area contributed by atoms with Gasteiger partial charge >= 0.3 is 0 Å². The zero-order chi connectivity index (χ0) is 16.8. The number of likely N-dealkylation sites (N-methyl/N-ethyl adjacent to an activating group) is 1. The van der Waals surface area contributed by atoms with Gasteiger partial charge in [-0.2, -0.15) is 5.10 Å². The lowest BCUT2D eigenvalue weighted by molar-refractivity contribution is -0.129. The number of aromatic nitrogens is 3. The summed E-state index contributed by atoms with van der Waals surface area (Å²) in [7, 11) is 1.86. The normalized spacial score (nSPS) is 13.0. The van der Waals surface area contributed by atoms with Crippen molar-refractivity contribution in [2.24, 2.45) is 0 Å². The first-order valence-corrected chi connectivity index (χ1v) is 8.62. The average Bonchev–Trinajstić information content (AvgIpc) is 2.87. The van der Waals surface area contributed by atoms with Crippen molar-refractivity contribution in [2.45, 2.75) is 38.8 Å². The molecule has 0 saturated heterocycles. The zero-order valence-electron chi connectivity index (χ0n) is 15.1. The largest absolute Gasteiger partial charge is 0.345 e. The number of aryl methyl sites for hydroxylation is 2. The van der Waals surface area contributed by atoms with E-state index >= 15 is 0 Å². The van der Waals surface area contributed by atoms with Crippen LogP contribution >= 0.6 is 24.8 Å². The number of amides is 1. The summed E-state index contributed by atoms with van der Waals surface area (Å²) >= 11 is 0. The molecule has 6 nitrogen and oxygen atoms in total. The molecule has 3 rings (SSSR count). The van der Waals surface area contributed by atoms with Crippen molar-refractivity contribution in [2.75, 3.05) is 20.1 Å². The van der Waals surface area contributed by atoms with E-state index in [0.29, 0.717) is 19.4 Å². The van der Waals surface area contributed by atoms with E-state index in [2.05, 4.69) is 26.1 Å². The minimum atomic E-state index is 0. The zero-order valence-corrected chi connectivity index (χ0v) is 16.7. The second-order valence-electron chi connectivity index (χ2n) is 6.27. The minimum absolute atomic E-state index is 0. The molecule has 0 fully saturated rings. The lowest BCUT2D eigenvalue weighted by Crippen LogP contribution is -2.29. The molecule has 1 aliphatic heterocycles. The summed E-state index contributed by atoms with van der Waals surface area (Å²) in [6.45, 7) is 3.56. The molecule has 1 aliphatic rings. The van der Waals surface area contributed by atoms with Crippen molar-refractivity contribution >= 4 is 30.7 Å². The Bertz CT molecular complexity index is 654. The molecule has 2 aromatic heterocycles. The van der Waals surface area contributed by atoms with E-state index in [0.717, 1.165) is 43.9 Å². The molecule has 1 N–H and O–H groups in total. The summed E-state index contributed by atoms with van der Waals surface area (Å²) in [6, 6.07) is 7.99. The molecular weight excluding hydrogens is 373 g/mol. The van der Waals surface area contributed by atoms with Crippen LogP contribution in [0.25, 0.3) is 0 Å². The van der Waals surface area contributed by atoms with Crippen molar-refractivity contribution in [3.63, 3.8) is 0 Å². The highest BCUT2D eigenvalue weighted by molar-refractivity contribution is 5.85. The minimum Gasteiger partial charge on any atom is -0.345 e. The van der Waals surface area contributed by atoms with Crippen LogP contribution in [0.4, 0.5) is 0 Å². The van der Waals surface area contributed by atoms with Crippen LogP contribution in [0.5, 0.6) is 0 Å². The molecule has 2 aromatic rings. The Hall–Kier alpha value is -1.63. The molecule has 0 radical (unpaired) electrons. The fourth-order valence-corrected chi connectivity index (χ4v) is 2.92. The predicted octanol–water partition coefficient (Wildman–Crippen LogP) is 2.25. The van der Waals surface area contributed by atoms with Crippen LogP contribution in [0.3, 0.4) is 0 Å². The van der Waals surface area contributed by atoms with E-state index in [1.165, 1.54) is 5.69 Å². The monoisotopic (exact) mass is 399 g/mol. The van der Waals surface area contributed by atoms with Crippen LogP contribution < -0.4 is 5.32 Å². The maximum absolute atomic E-state index is 12.3. The topological polar surface area (TPSA) is 63.1 Å². The Balaban J connectivity index is 0.00000169. The van der Waals surface area contributed by atoms with Crippen LogP contribution in [0.15, 0.2) is 30.5 Å². The number of hydrogen-bond acceptors (Lipinski definition) is 4. The van der Waals surface area contributed by atoms with Gasteiger partial charge in [0.2, 0.25) is 5.91 Å². The van der Waals surface area contributed by atoms with Crippen molar-refractivity contribution in [1.29, 1.82) is 0 Å². The molecule has 8 heteroatoms. The van der Waals surface area contributed by atoms with E-state index in [4.69, 9.17) is 0 Å². The Morgan fingerprint density at radius 2 is 2.12 bits per heavy atom. The smallest absolute Gasteiger partial charge is 0.222 e. The summed E-state index contributed by atoms with van der Waals surface area (Å²) in [6.07, 6.45) is 4.88. The van der Waals surface area contributed by atoms with Crippen molar-refractivity contribution in [3.8, 4) is 0 Å².